The largest absolute Gasteiger partial charge is 0.497 e. The smallest absolute Gasteiger partial charge is 0.191 e. The summed E-state index contributed by atoms with van der Waals surface area (Å²) in [6, 6.07) is 11.5. The number of benzene rings is 1. The summed E-state index contributed by atoms with van der Waals surface area (Å²) in [4.78, 5) is 13.1. The number of aromatic nitrogens is 3. The second-order valence-electron chi connectivity index (χ2n) is 6.23. The Hall–Kier alpha value is -2.12. The SMILES string of the molecule is COc1ccc(-c2nnc(SCC(=O)c3cccs3)n2CC(C)C)cc1. The van der Waals surface area contributed by atoms with Crippen LogP contribution in [0.25, 0.3) is 11.4 Å². The fraction of sp³-hybridized carbons (Fsp3) is 0.316. The number of thioether (sulfide) groups is 1. The summed E-state index contributed by atoms with van der Waals surface area (Å²) < 4.78 is 7.32. The minimum atomic E-state index is 0.120. The van der Waals surface area contributed by atoms with Crippen LogP contribution in [0.3, 0.4) is 0 Å². The van der Waals surface area contributed by atoms with Gasteiger partial charge in [0.15, 0.2) is 16.8 Å². The first-order valence-corrected chi connectivity index (χ1v) is 10.2. The number of nitrogens with zero attached hydrogens (tertiary/aromatic N) is 3. The molecular formula is C19H21N3O2S2. The Morgan fingerprint density at radius 2 is 2.00 bits per heavy atom. The molecular weight excluding hydrogens is 366 g/mol. The van der Waals surface area contributed by atoms with Crippen molar-refractivity contribution < 1.29 is 9.53 Å². The normalized spacial score (nSPS) is 11.1. The third kappa shape index (κ3) is 4.34. The molecule has 0 atom stereocenters. The Balaban J connectivity index is 1.83. The molecule has 0 aliphatic rings. The molecule has 7 heteroatoms. The van der Waals surface area contributed by atoms with Crippen LogP contribution in [0.1, 0.15) is 23.5 Å². The molecule has 5 nitrogen and oxygen atoms in total. The summed E-state index contributed by atoms with van der Waals surface area (Å²) in [6.07, 6.45) is 0. The molecule has 2 heterocycles. The Labute approximate surface area is 161 Å². The van der Waals surface area contributed by atoms with Crippen molar-refractivity contribution in [3.63, 3.8) is 0 Å². The molecule has 3 aromatic rings. The summed E-state index contributed by atoms with van der Waals surface area (Å²) in [7, 11) is 1.65. The Bertz CT molecular complexity index is 856. The Kier molecular flexibility index (Phi) is 6.11. The summed E-state index contributed by atoms with van der Waals surface area (Å²) >= 11 is 2.91. The van der Waals surface area contributed by atoms with E-state index in [9.17, 15) is 4.79 Å². The Morgan fingerprint density at radius 3 is 2.62 bits per heavy atom. The van der Waals surface area contributed by atoms with Gasteiger partial charge in [0.05, 0.1) is 17.7 Å². The maximum absolute atomic E-state index is 12.3. The minimum absolute atomic E-state index is 0.120. The molecule has 0 radical (unpaired) electrons. The minimum Gasteiger partial charge on any atom is -0.497 e. The number of thiophene rings is 1. The molecule has 26 heavy (non-hydrogen) atoms. The van der Waals surface area contributed by atoms with Crippen LogP contribution in [0.4, 0.5) is 0 Å². The topological polar surface area (TPSA) is 57.0 Å². The number of carbonyl (C=O) groups is 1. The van der Waals surface area contributed by atoms with Crippen molar-refractivity contribution in [3.05, 3.63) is 46.7 Å². The van der Waals surface area contributed by atoms with Crippen LogP contribution >= 0.6 is 23.1 Å². The van der Waals surface area contributed by atoms with Gasteiger partial charge in [0, 0.05) is 12.1 Å². The van der Waals surface area contributed by atoms with E-state index in [0.29, 0.717) is 11.7 Å². The van der Waals surface area contributed by atoms with E-state index in [1.165, 1.54) is 23.1 Å². The van der Waals surface area contributed by atoms with Gasteiger partial charge in [-0.3, -0.25) is 4.79 Å². The second-order valence-corrected chi connectivity index (χ2v) is 8.12. The summed E-state index contributed by atoms with van der Waals surface area (Å²) in [6.45, 7) is 5.11. The zero-order valence-corrected chi connectivity index (χ0v) is 16.6. The quantitative estimate of drug-likeness (QED) is 0.416. The molecule has 0 bridgehead atoms. The van der Waals surface area contributed by atoms with E-state index >= 15 is 0 Å². The third-order valence-corrected chi connectivity index (χ3v) is 5.62. The first-order chi connectivity index (χ1) is 12.6. The number of hydrogen-bond acceptors (Lipinski definition) is 6. The molecule has 0 spiro atoms. The van der Waals surface area contributed by atoms with E-state index in [4.69, 9.17) is 4.74 Å². The lowest BCUT2D eigenvalue weighted by atomic mass is 10.2. The van der Waals surface area contributed by atoms with Crippen LogP contribution in [0, 0.1) is 5.92 Å². The number of carbonyl (C=O) groups excluding carboxylic acids is 1. The van der Waals surface area contributed by atoms with Crippen LogP contribution in [-0.2, 0) is 6.54 Å². The van der Waals surface area contributed by atoms with Crippen molar-refractivity contribution in [2.75, 3.05) is 12.9 Å². The van der Waals surface area contributed by atoms with E-state index in [-0.39, 0.29) is 5.78 Å². The van der Waals surface area contributed by atoms with Gasteiger partial charge in [0.1, 0.15) is 5.75 Å². The second kappa shape index (κ2) is 8.51. The average molecular weight is 388 g/mol. The number of ketones is 1. The summed E-state index contributed by atoms with van der Waals surface area (Å²) in [5.41, 5.74) is 0.982. The highest BCUT2D eigenvalue weighted by molar-refractivity contribution is 7.99. The molecule has 0 fully saturated rings. The maximum atomic E-state index is 12.3. The standard InChI is InChI=1S/C19H21N3O2S2/c1-13(2)11-22-18(14-6-8-15(24-3)9-7-14)20-21-19(22)26-12-16(23)17-5-4-10-25-17/h4-10,13H,11-12H2,1-3H3. The van der Waals surface area contributed by atoms with Crippen molar-refractivity contribution in [1.82, 2.24) is 14.8 Å². The first kappa shape index (κ1) is 18.7. The predicted molar refractivity (Wildman–Crippen MR) is 106 cm³/mol. The van der Waals surface area contributed by atoms with Crippen LogP contribution in [0.5, 0.6) is 5.75 Å². The highest BCUT2D eigenvalue weighted by atomic mass is 32.2. The van der Waals surface area contributed by atoms with Gasteiger partial charge in [-0.2, -0.15) is 0 Å². The van der Waals surface area contributed by atoms with E-state index in [2.05, 4.69) is 28.6 Å². The first-order valence-electron chi connectivity index (χ1n) is 8.35. The molecule has 3 rings (SSSR count). The number of methoxy groups -OCH3 is 1. The molecule has 136 valence electrons. The van der Waals surface area contributed by atoms with Crippen LogP contribution in [0.2, 0.25) is 0 Å². The molecule has 0 aliphatic carbocycles. The molecule has 0 aliphatic heterocycles. The highest BCUT2D eigenvalue weighted by Gasteiger charge is 2.17. The zero-order chi connectivity index (χ0) is 18.5. The fourth-order valence-corrected chi connectivity index (χ4v) is 4.10. The zero-order valence-electron chi connectivity index (χ0n) is 15.0. The van der Waals surface area contributed by atoms with Crippen molar-refractivity contribution in [2.45, 2.75) is 25.5 Å². The van der Waals surface area contributed by atoms with E-state index in [0.717, 1.165) is 33.7 Å². The monoisotopic (exact) mass is 387 g/mol. The van der Waals surface area contributed by atoms with Crippen molar-refractivity contribution in [2.24, 2.45) is 5.92 Å². The summed E-state index contributed by atoms with van der Waals surface area (Å²) in [5.74, 6) is 2.54. The van der Waals surface area contributed by atoms with Crippen LogP contribution in [0.15, 0.2) is 46.9 Å². The fourth-order valence-electron chi connectivity index (χ4n) is 2.52. The highest BCUT2D eigenvalue weighted by Crippen LogP contribution is 2.27. The van der Waals surface area contributed by atoms with Crippen molar-refractivity contribution >= 4 is 28.9 Å². The van der Waals surface area contributed by atoms with Gasteiger partial charge in [-0.15, -0.1) is 21.5 Å². The summed E-state index contributed by atoms with van der Waals surface area (Å²) in [5, 5.41) is 11.4. The number of ether oxygens (including phenoxy) is 1. The van der Waals surface area contributed by atoms with Crippen molar-refractivity contribution in [1.29, 1.82) is 0 Å². The molecule has 0 saturated heterocycles. The van der Waals surface area contributed by atoms with Gasteiger partial charge in [-0.25, -0.2) is 0 Å². The average Bonchev–Trinajstić information content (AvgIpc) is 3.30. The molecule has 0 amide bonds. The number of Topliss-reactive ketones (excluding diaryl/α,β-unsaturated/α-hetero) is 1. The molecule has 2 aromatic heterocycles. The molecule has 0 unspecified atom stereocenters. The van der Waals surface area contributed by atoms with Crippen molar-refractivity contribution in [3.8, 4) is 17.1 Å². The third-order valence-electron chi connectivity index (χ3n) is 3.74. The van der Waals surface area contributed by atoms with E-state index < -0.39 is 0 Å². The molecule has 1 aromatic carbocycles. The van der Waals surface area contributed by atoms with Crippen LogP contribution in [-0.4, -0.2) is 33.4 Å². The number of hydrogen-bond donors (Lipinski definition) is 0. The maximum Gasteiger partial charge on any atom is 0.191 e. The molecule has 0 saturated carbocycles. The van der Waals surface area contributed by atoms with Gasteiger partial charge in [-0.05, 0) is 41.6 Å². The lowest BCUT2D eigenvalue weighted by Gasteiger charge is -2.12. The van der Waals surface area contributed by atoms with E-state index in [1.807, 2.05) is 41.8 Å². The van der Waals surface area contributed by atoms with Gasteiger partial charge in [-0.1, -0.05) is 31.7 Å². The van der Waals surface area contributed by atoms with Gasteiger partial charge < -0.3 is 9.30 Å². The lowest BCUT2D eigenvalue weighted by Crippen LogP contribution is -2.09. The van der Waals surface area contributed by atoms with Gasteiger partial charge >= 0.3 is 0 Å². The number of rotatable bonds is 8. The van der Waals surface area contributed by atoms with E-state index in [1.54, 1.807) is 7.11 Å². The molecule has 0 N–H and O–H groups in total. The predicted octanol–water partition coefficient (Wildman–Crippen LogP) is 4.65. The van der Waals surface area contributed by atoms with Gasteiger partial charge in [0.2, 0.25) is 0 Å². The van der Waals surface area contributed by atoms with Crippen LogP contribution < -0.4 is 4.74 Å². The van der Waals surface area contributed by atoms with Gasteiger partial charge in [0.25, 0.3) is 0 Å². The lowest BCUT2D eigenvalue weighted by molar-refractivity contribution is 0.102. The Morgan fingerprint density at radius 1 is 1.23 bits per heavy atom.